The van der Waals surface area contributed by atoms with E-state index in [9.17, 15) is 17.6 Å². The van der Waals surface area contributed by atoms with Crippen LogP contribution in [0.15, 0.2) is 33.6 Å². The number of nitrogens with one attached hydrogen (secondary N) is 1. The summed E-state index contributed by atoms with van der Waals surface area (Å²) in [7, 11) is -3.94. The first kappa shape index (κ1) is 15.9. The van der Waals surface area contributed by atoms with Crippen molar-refractivity contribution in [3.63, 3.8) is 0 Å². The number of hydrogen-bond donors (Lipinski definition) is 2. The van der Waals surface area contributed by atoms with Crippen LogP contribution in [-0.2, 0) is 10.0 Å². The summed E-state index contributed by atoms with van der Waals surface area (Å²) in [6.07, 6.45) is 0. The zero-order valence-electron chi connectivity index (χ0n) is 10.6. The fraction of sp³-hybridized carbons (Fsp3) is 0.0833. The smallest absolute Gasteiger partial charge is 0.346 e. The molecule has 2 rings (SSSR count). The Morgan fingerprint density at radius 3 is 2.57 bits per heavy atom. The zero-order valence-corrected chi connectivity index (χ0v) is 13.8. The van der Waals surface area contributed by atoms with Crippen LogP contribution < -0.4 is 4.72 Å². The molecular weight excluding hydrogens is 385 g/mol. The Kier molecular flexibility index (Phi) is 4.35. The summed E-state index contributed by atoms with van der Waals surface area (Å²) in [6, 6.07) is 4.63. The first-order valence-electron chi connectivity index (χ1n) is 5.52. The molecule has 0 unspecified atom stereocenters. The standard InChI is InChI=1S/C12H9BrFNO4S2/c1-6-4-10(20-11(6)12(16)17)15-21(18,19)9-3-2-7(14)5-8(9)13/h2-5,15H,1H3,(H,16,17). The number of thiophene rings is 1. The third kappa shape index (κ3) is 3.42. The highest BCUT2D eigenvalue weighted by Gasteiger charge is 2.21. The molecule has 0 atom stereocenters. The van der Waals surface area contributed by atoms with Crippen LogP contribution in [-0.4, -0.2) is 19.5 Å². The van der Waals surface area contributed by atoms with Gasteiger partial charge in [0, 0.05) is 4.47 Å². The van der Waals surface area contributed by atoms with E-state index < -0.39 is 21.8 Å². The average molecular weight is 394 g/mol. The van der Waals surface area contributed by atoms with E-state index in [4.69, 9.17) is 5.11 Å². The Bertz CT molecular complexity index is 817. The first-order valence-corrected chi connectivity index (χ1v) is 8.61. The van der Waals surface area contributed by atoms with Crippen molar-refractivity contribution >= 4 is 48.3 Å². The minimum atomic E-state index is -3.94. The predicted octanol–water partition coefficient (Wildman–Crippen LogP) is 3.46. The van der Waals surface area contributed by atoms with Crippen LogP contribution in [0.2, 0.25) is 0 Å². The summed E-state index contributed by atoms with van der Waals surface area (Å²) in [5.74, 6) is -1.69. The lowest BCUT2D eigenvalue weighted by Crippen LogP contribution is -2.12. The van der Waals surface area contributed by atoms with E-state index in [1.54, 1.807) is 6.92 Å². The minimum Gasteiger partial charge on any atom is -0.477 e. The van der Waals surface area contributed by atoms with Gasteiger partial charge in [-0.2, -0.15) is 0 Å². The molecule has 9 heteroatoms. The number of anilines is 1. The SMILES string of the molecule is Cc1cc(NS(=O)(=O)c2ccc(F)cc2Br)sc1C(=O)O. The summed E-state index contributed by atoms with van der Waals surface area (Å²) < 4.78 is 39.8. The van der Waals surface area contributed by atoms with Crippen molar-refractivity contribution in [1.29, 1.82) is 0 Å². The van der Waals surface area contributed by atoms with Crippen LogP contribution in [0.4, 0.5) is 9.39 Å². The molecule has 0 saturated heterocycles. The largest absolute Gasteiger partial charge is 0.477 e. The second-order valence-corrected chi connectivity index (χ2v) is 7.67. The summed E-state index contributed by atoms with van der Waals surface area (Å²) in [6.45, 7) is 1.57. The maximum Gasteiger partial charge on any atom is 0.346 e. The van der Waals surface area contributed by atoms with Crippen LogP contribution in [0.1, 0.15) is 15.2 Å². The van der Waals surface area contributed by atoms with E-state index >= 15 is 0 Å². The molecule has 1 aromatic heterocycles. The highest BCUT2D eigenvalue weighted by molar-refractivity contribution is 9.10. The number of aromatic carboxylic acids is 1. The van der Waals surface area contributed by atoms with Crippen molar-refractivity contribution in [2.24, 2.45) is 0 Å². The molecule has 2 aromatic rings. The number of hydrogen-bond acceptors (Lipinski definition) is 4. The van der Waals surface area contributed by atoms with E-state index in [1.807, 2.05) is 0 Å². The molecule has 1 aromatic carbocycles. The lowest BCUT2D eigenvalue weighted by atomic mass is 10.3. The number of aryl methyl sites for hydroxylation is 1. The van der Waals surface area contributed by atoms with Crippen LogP contribution >= 0.6 is 27.3 Å². The van der Waals surface area contributed by atoms with Gasteiger partial charge in [-0.3, -0.25) is 4.72 Å². The van der Waals surface area contributed by atoms with Crippen LogP contribution in [0.25, 0.3) is 0 Å². The number of carboxylic acid groups (broad SMARTS) is 1. The third-order valence-electron chi connectivity index (χ3n) is 2.53. The van der Waals surface area contributed by atoms with Gasteiger partial charge in [-0.25, -0.2) is 17.6 Å². The van der Waals surface area contributed by atoms with Crippen LogP contribution in [0, 0.1) is 12.7 Å². The summed E-state index contributed by atoms with van der Waals surface area (Å²) in [4.78, 5) is 10.9. The Morgan fingerprint density at radius 2 is 2.05 bits per heavy atom. The minimum absolute atomic E-state index is 0.0610. The topological polar surface area (TPSA) is 83.5 Å². The van der Waals surface area contributed by atoms with Gasteiger partial charge in [0.05, 0.1) is 0 Å². The number of halogens is 2. The maximum atomic E-state index is 13.0. The van der Waals surface area contributed by atoms with Gasteiger partial charge in [-0.05, 0) is 52.7 Å². The predicted molar refractivity (Wildman–Crippen MR) is 80.9 cm³/mol. The van der Waals surface area contributed by atoms with Gasteiger partial charge in [0.1, 0.15) is 20.6 Å². The molecule has 0 fully saturated rings. The molecule has 112 valence electrons. The summed E-state index contributed by atoms with van der Waals surface area (Å²) >= 11 is 3.81. The van der Waals surface area contributed by atoms with E-state index in [-0.39, 0.29) is 19.2 Å². The average Bonchev–Trinajstić information content (AvgIpc) is 2.68. The molecule has 0 aliphatic carbocycles. The lowest BCUT2D eigenvalue weighted by molar-refractivity contribution is 0.0701. The third-order valence-corrected chi connectivity index (χ3v) is 6.14. The first-order chi connectivity index (χ1) is 9.70. The highest BCUT2D eigenvalue weighted by Crippen LogP contribution is 2.30. The maximum absolute atomic E-state index is 13.0. The lowest BCUT2D eigenvalue weighted by Gasteiger charge is -2.07. The normalized spacial score (nSPS) is 11.4. The van der Waals surface area contributed by atoms with Crippen molar-refractivity contribution in [2.45, 2.75) is 11.8 Å². The quantitative estimate of drug-likeness (QED) is 0.832. The number of carboxylic acids is 1. The molecule has 0 amide bonds. The molecule has 21 heavy (non-hydrogen) atoms. The van der Waals surface area contributed by atoms with Gasteiger partial charge in [-0.1, -0.05) is 0 Å². The fourth-order valence-electron chi connectivity index (χ4n) is 1.63. The molecule has 0 aliphatic rings. The van der Waals surface area contributed by atoms with Crippen molar-refractivity contribution in [3.8, 4) is 0 Å². The van der Waals surface area contributed by atoms with E-state index in [2.05, 4.69) is 20.7 Å². The Labute approximate surface area is 132 Å². The number of carbonyl (C=O) groups is 1. The molecule has 0 bridgehead atoms. The molecule has 0 spiro atoms. The molecule has 1 heterocycles. The highest BCUT2D eigenvalue weighted by atomic mass is 79.9. The molecule has 0 saturated carbocycles. The zero-order chi connectivity index (χ0) is 15.8. The number of sulfonamides is 1. The molecule has 0 aliphatic heterocycles. The number of benzene rings is 1. The van der Waals surface area contributed by atoms with Crippen molar-refractivity contribution in [3.05, 3.63) is 45.0 Å². The van der Waals surface area contributed by atoms with Crippen LogP contribution in [0.5, 0.6) is 0 Å². The second kappa shape index (κ2) is 5.74. The molecule has 5 nitrogen and oxygen atoms in total. The fourth-order valence-corrected chi connectivity index (χ4v) is 4.87. The van der Waals surface area contributed by atoms with E-state index in [1.165, 1.54) is 6.07 Å². The Morgan fingerprint density at radius 1 is 1.38 bits per heavy atom. The second-order valence-electron chi connectivity index (χ2n) is 4.11. The Hall–Kier alpha value is -1.45. The van der Waals surface area contributed by atoms with Gasteiger partial charge in [-0.15, -0.1) is 11.3 Å². The van der Waals surface area contributed by atoms with Crippen molar-refractivity contribution in [2.75, 3.05) is 4.72 Å². The summed E-state index contributed by atoms with van der Waals surface area (Å²) in [5, 5.41) is 9.13. The van der Waals surface area contributed by atoms with Gasteiger partial charge < -0.3 is 5.11 Å². The molecular formula is C12H9BrFNO4S2. The van der Waals surface area contributed by atoms with Gasteiger partial charge >= 0.3 is 5.97 Å². The molecule has 0 radical (unpaired) electrons. The van der Waals surface area contributed by atoms with Gasteiger partial charge in [0.15, 0.2) is 0 Å². The summed E-state index contributed by atoms with van der Waals surface area (Å²) in [5.41, 5.74) is 0.461. The van der Waals surface area contributed by atoms with Crippen LogP contribution in [0.3, 0.4) is 0 Å². The van der Waals surface area contributed by atoms with E-state index in [0.717, 1.165) is 29.5 Å². The Balaban J connectivity index is 2.37. The van der Waals surface area contributed by atoms with Gasteiger partial charge in [0.25, 0.3) is 10.0 Å². The van der Waals surface area contributed by atoms with E-state index in [0.29, 0.717) is 5.56 Å². The van der Waals surface area contributed by atoms with Crippen molar-refractivity contribution in [1.82, 2.24) is 0 Å². The van der Waals surface area contributed by atoms with Crippen molar-refractivity contribution < 1.29 is 22.7 Å². The number of rotatable bonds is 4. The monoisotopic (exact) mass is 393 g/mol. The molecule has 2 N–H and O–H groups in total. The van der Waals surface area contributed by atoms with Gasteiger partial charge in [0.2, 0.25) is 0 Å².